The molecule has 0 saturated carbocycles. The van der Waals surface area contributed by atoms with Crippen molar-refractivity contribution >= 4 is 21.6 Å². The van der Waals surface area contributed by atoms with Gasteiger partial charge in [-0.25, -0.2) is 8.42 Å². The van der Waals surface area contributed by atoms with Gasteiger partial charge >= 0.3 is 0 Å². The number of hydrogen-bond donors (Lipinski definition) is 1. The predicted molar refractivity (Wildman–Crippen MR) is 85.2 cm³/mol. The standard InChI is InChI=1S/C16H22N2O3S/c1-12-4-3-9-18(11-12)22(20,21)14-7-8-15-13(10-14)5-2-6-16(19)17-15/h7-8,10,12H,2-6,9,11H2,1H3,(H,17,19)/t12-/m0/s1. The van der Waals surface area contributed by atoms with Crippen molar-refractivity contribution in [3.05, 3.63) is 23.8 Å². The van der Waals surface area contributed by atoms with E-state index in [1.807, 2.05) is 0 Å². The molecule has 1 saturated heterocycles. The van der Waals surface area contributed by atoms with Crippen LogP contribution in [-0.4, -0.2) is 31.7 Å². The van der Waals surface area contributed by atoms with Gasteiger partial charge in [0.15, 0.2) is 0 Å². The molecule has 0 spiro atoms. The molecule has 1 N–H and O–H groups in total. The maximum atomic E-state index is 12.8. The molecule has 0 aliphatic carbocycles. The lowest BCUT2D eigenvalue weighted by Gasteiger charge is -2.30. The fourth-order valence-corrected chi connectivity index (χ4v) is 4.87. The summed E-state index contributed by atoms with van der Waals surface area (Å²) in [5.41, 5.74) is 1.66. The molecule has 120 valence electrons. The number of aryl methyl sites for hydroxylation is 1. The van der Waals surface area contributed by atoms with Crippen molar-refractivity contribution in [1.82, 2.24) is 4.31 Å². The van der Waals surface area contributed by atoms with Crippen LogP contribution in [0.4, 0.5) is 5.69 Å². The highest BCUT2D eigenvalue weighted by atomic mass is 32.2. The minimum absolute atomic E-state index is 0.000729. The highest BCUT2D eigenvalue weighted by Crippen LogP contribution is 2.28. The molecule has 1 amide bonds. The van der Waals surface area contributed by atoms with Crippen LogP contribution in [0.15, 0.2) is 23.1 Å². The first-order chi connectivity index (χ1) is 10.5. The minimum Gasteiger partial charge on any atom is -0.326 e. The lowest BCUT2D eigenvalue weighted by molar-refractivity contribution is -0.116. The average molecular weight is 322 g/mol. The van der Waals surface area contributed by atoms with E-state index in [0.717, 1.165) is 36.9 Å². The van der Waals surface area contributed by atoms with Gasteiger partial charge in [0.25, 0.3) is 0 Å². The van der Waals surface area contributed by atoms with Gasteiger partial charge in [-0.15, -0.1) is 0 Å². The van der Waals surface area contributed by atoms with Crippen molar-refractivity contribution < 1.29 is 13.2 Å². The number of hydrogen-bond acceptors (Lipinski definition) is 3. The van der Waals surface area contributed by atoms with Gasteiger partial charge in [-0.2, -0.15) is 4.31 Å². The molecule has 2 aliphatic heterocycles. The van der Waals surface area contributed by atoms with Crippen LogP contribution in [0.2, 0.25) is 0 Å². The maximum Gasteiger partial charge on any atom is 0.243 e. The van der Waals surface area contributed by atoms with Gasteiger partial charge in [0.05, 0.1) is 4.90 Å². The minimum atomic E-state index is -3.43. The molecule has 1 aromatic rings. The molecule has 5 nitrogen and oxygen atoms in total. The third-order valence-corrected chi connectivity index (χ3v) is 6.32. The Morgan fingerprint density at radius 2 is 2.05 bits per heavy atom. The van der Waals surface area contributed by atoms with Crippen molar-refractivity contribution in [3.63, 3.8) is 0 Å². The van der Waals surface area contributed by atoms with Crippen molar-refractivity contribution in [3.8, 4) is 0 Å². The molecule has 2 aliphatic rings. The van der Waals surface area contributed by atoms with E-state index in [4.69, 9.17) is 0 Å². The third-order valence-electron chi connectivity index (χ3n) is 4.46. The molecular weight excluding hydrogens is 300 g/mol. The van der Waals surface area contributed by atoms with Gasteiger partial charge in [0, 0.05) is 25.2 Å². The summed E-state index contributed by atoms with van der Waals surface area (Å²) >= 11 is 0. The zero-order valence-corrected chi connectivity index (χ0v) is 13.7. The lowest BCUT2D eigenvalue weighted by atomic mass is 10.0. The Kier molecular flexibility index (Phi) is 4.23. The summed E-state index contributed by atoms with van der Waals surface area (Å²) in [5.74, 6) is 0.405. The molecule has 6 heteroatoms. The molecule has 1 aromatic carbocycles. The molecule has 0 aromatic heterocycles. The molecule has 2 heterocycles. The Balaban J connectivity index is 1.91. The van der Waals surface area contributed by atoms with Crippen LogP contribution in [0.3, 0.4) is 0 Å². The molecule has 3 rings (SSSR count). The Morgan fingerprint density at radius 1 is 1.23 bits per heavy atom. The number of carbonyl (C=O) groups excluding carboxylic acids is 1. The second-order valence-corrected chi connectivity index (χ2v) is 8.27. The Labute approximate surface area is 131 Å². The Hall–Kier alpha value is -1.40. The fraction of sp³-hybridized carbons (Fsp3) is 0.562. The van der Waals surface area contributed by atoms with Crippen molar-refractivity contribution in [2.45, 2.75) is 43.9 Å². The zero-order valence-electron chi connectivity index (χ0n) is 12.8. The van der Waals surface area contributed by atoms with E-state index in [1.165, 1.54) is 0 Å². The van der Waals surface area contributed by atoms with Gasteiger partial charge in [-0.3, -0.25) is 4.79 Å². The number of benzene rings is 1. The molecule has 0 unspecified atom stereocenters. The van der Waals surface area contributed by atoms with Gasteiger partial charge in [0.2, 0.25) is 15.9 Å². The topological polar surface area (TPSA) is 66.5 Å². The van der Waals surface area contributed by atoms with Crippen LogP contribution in [0, 0.1) is 5.92 Å². The largest absolute Gasteiger partial charge is 0.326 e. The van der Waals surface area contributed by atoms with E-state index in [1.54, 1.807) is 22.5 Å². The summed E-state index contributed by atoms with van der Waals surface area (Å²) in [6.07, 6.45) is 3.97. The number of piperidine rings is 1. The smallest absolute Gasteiger partial charge is 0.243 e. The number of nitrogens with zero attached hydrogens (tertiary/aromatic N) is 1. The first-order valence-electron chi connectivity index (χ1n) is 7.90. The van der Waals surface area contributed by atoms with Crippen LogP contribution in [0.25, 0.3) is 0 Å². The SMILES string of the molecule is C[C@H]1CCCN(S(=O)(=O)c2ccc3c(c2)CCCC(=O)N3)C1. The summed E-state index contributed by atoms with van der Waals surface area (Å²) in [6, 6.07) is 5.06. The normalized spacial score (nSPS) is 23.5. The van der Waals surface area contributed by atoms with E-state index in [-0.39, 0.29) is 5.91 Å². The van der Waals surface area contributed by atoms with E-state index in [2.05, 4.69) is 12.2 Å². The number of carbonyl (C=O) groups is 1. The summed E-state index contributed by atoms with van der Waals surface area (Å²) in [5, 5.41) is 2.84. The molecule has 0 radical (unpaired) electrons. The van der Waals surface area contributed by atoms with Gasteiger partial charge in [0.1, 0.15) is 0 Å². The Morgan fingerprint density at radius 3 is 2.82 bits per heavy atom. The number of amides is 1. The highest BCUT2D eigenvalue weighted by Gasteiger charge is 2.29. The van der Waals surface area contributed by atoms with E-state index >= 15 is 0 Å². The molecule has 22 heavy (non-hydrogen) atoms. The Bertz CT molecular complexity index is 685. The second kappa shape index (κ2) is 6.01. The van der Waals surface area contributed by atoms with Crippen LogP contribution in [0.5, 0.6) is 0 Å². The number of sulfonamides is 1. The van der Waals surface area contributed by atoms with Crippen molar-refractivity contribution in [1.29, 1.82) is 0 Å². The van der Waals surface area contributed by atoms with Crippen LogP contribution in [-0.2, 0) is 21.2 Å². The summed E-state index contributed by atoms with van der Waals surface area (Å²) in [6.45, 7) is 3.28. The van der Waals surface area contributed by atoms with Gasteiger partial charge in [-0.1, -0.05) is 6.92 Å². The van der Waals surface area contributed by atoms with E-state index in [9.17, 15) is 13.2 Å². The maximum absolute atomic E-state index is 12.8. The number of nitrogens with one attached hydrogen (secondary N) is 1. The van der Waals surface area contributed by atoms with E-state index in [0.29, 0.717) is 30.3 Å². The zero-order chi connectivity index (χ0) is 15.7. The molecule has 1 atom stereocenters. The van der Waals surface area contributed by atoms with Crippen molar-refractivity contribution in [2.24, 2.45) is 5.92 Å². The average Bonchev–Trinajstić information content (AvgIpc) is 2.67. The van der Waals surface area contributed by atoms with Gasteiger partial charge < -0.3 is 5.32 Å². The summed E-state index contributed by atoms with van der Waals surface area (Å²) in [7, 11) is -3.43. The second-order valence-electron chi connectivity index (χ2n) is 6.33. The highest BCUT2D eigenvalue weighted by molar-refractivity contribution is 7.89. The lowest BCUT2D eigenvalue weighted by Crippen LogP contribution is -2.39. The van der Waals surface area contributed by atoms with Crippen LogP contribution in [0.1, 0.15) is 38.2 Å². The van der Waals surface area contributed by atoms with Crippen LogP contribution >= 0.6 is 0 Å². The first kappa shape index (κ1) is 15.5. The van der Waals surface area contributed by atoms with E-state index < -0.39 is 10.0 Å². The summed E-state index contributed by atoms with van der Waals surface area (Å²) < 4.78 is 27.2. The molecular formula is C16H22N2O3S. The monoisotopic (exact) mass is 322 g/mol. The third kappa shape index (κ3) is 3.03. The van der Waals surface area contributed by atoms with Crippen LogP contribution < -0.4 is 5.32 Å². The van der Waals surface area contributed by atoms with Gasteiger partial charge in [-0.05, 0) is 55.4 Å². The number of rotatable bonds is 2. The number of anilines is 1. The molecule has 1 fully saturated rings. The fourth-order valence-electron chi connectivity index (χ4n) is 3.23. The first-order valence-corrected chi connectivity index (χ1v) is 9.34. The summed E-state index contributed by atoms with van der Waals surface area (Å²) in [4.78, 5) is 11.9. The number of fused-ring (bicyclic) bond motifs is 1. The predicted octanol–water partition coefficient (Wildman–Crippen LogP) is 2.38. The van der Waals surface area contributed by atoms with Crippen molar-refractivity contribution in [2.75, 3.05) is 18.4 Å². The molecule has 0 bridgehead atoms. The quantitative estimate of drug-likeness (QED) is 0.909.